The van der Waals surface area contributed by atoms with Gasteiger partial charge in [-0.15, -0.1) is 0 Å². The zero-order valence-electron chi connectivity index (χ0n) is 8.74. The van der Waals surface area contributed by atoms with Crippen LogP contribution in [-0.4, -0.2) is 19.1 Å². The van der Waals surface area contributed by atoms with E-state index < -0.39 is 0 Å². The van der Waals surface area contributed by atoms with E-state index in [1.54, 1.807) is 19.2 Å². The number of benzene rings is 1. The Kier molecular flexibility index (Phi) is 2.70. The number of nitrogens with one attached hydrogen (secondary N) is 1. The molecule has 0 aliphatic carbocycles. The number of carbonyl (C=O) groups is 1. The van der Waals surface area contributed by atoms with Crippen molar-refractivity contribution in [3.63, 3.8) is 0 Å². The van der Waals surface area contributed by atoms with E-state index in [1.165, 1.54) is 6.08 Å². The van der Waals surface area contributed by atoms with E-state index in [2.05, 4.69) is 10.3 Å². The molecule has 2 rings (SSSR count). The van der Waals surface area contributed by atoms with Crippen molar-refractivity contribution in [1.29, 1.82) is 0 Å². The highest BCUT2D eigenvalue weighted by molar-refractivity contribution is 6.00. The van der Waals surface area contributed by atoms with Crippen molar-refractivity contribution in [2.75, 3.05) is 12.4 Å². The summed E-state index contributed by atoms with van der Waals surface area (Å²) >= 11 is 0. The van der Waals surface area contributed by atoms with Crippen LogP contribution in [0.5, 0.6) is 5.75 Å². The maximum absolute atomic E-state index is 11.3. The summed E-state index contributed by atoms with van der Waals surface area (Å²) in [4.78, 5) is 24.9. The number of nitrogens with zero attached hydrogens (tertiary/aromatic N) is 1. The molecule has 0 saturated carbocycles. The van der Waals surface area contributed by atoms with Gasteiger partial charge >= 0.3 is 0 Å². The summed E-state index contributed by atoms with van der Waals surface area (Å²) in [6.45, 7) is 0.198. The SMILES string of the molecule is COc1cc(CN=C=O)c2c(c1)CC(=O)N2. The van der Waals surface area contributed by atoms with Crippen molar-refractivity contribution in [3.05, 3.63) is 23.3 Å². The molecule has 1 aromatic carbocycles. The fourth-order valence-corrected chi connectivity index (χ4v) is 1.75. The lowest BCUT2D eigenvalue weighted by Crippen LogP contribution is -2.04. The van der Waals surface area contributed by atoms with Crippen LogP contribution in [0.3, 0.4) is 0 Å². The number of amides is 1. The Balaban J connectivity index is 2.46. The molecule has 0 fully saturated rings. The van der Waals surface area contributed by atoms with Crippen LogP contribution in [0.4, 0.5) is 5.69 Å². The third-order valence-electron chi connectivity index (χ3n) is 2.44. The molecule has 16 heavy (non-hydrogen) atoms. The molecule has 0 radical (unpaired) electrons. The summed E-state index contributed by atoms with van der Waals surface area (Å²) in [7, 11) is 1.55. The largest absolute Gasteiger partial charge is 0.497 e. The molecule has 0 atom stereocenters. The van der Waals surface area contributed by atoms with Crippen molar-refractivity contribution in [3.8, 4) is 5.75 Å². The predicted octanol–water partition coefficient (Wildman–Crippen LogP) is 1.03. The molecule has 0 spiro atoms. The third-order valence-corrected chi connectivity index (χ3v) is 2.44. The first-order valence-corrected chi connectivity index (χ1v) is 4.78. The molecule has 1 N–H and O–H groups in total. The van der Waals surface area contributed by atoms with E-state index in [0.29, 0.717) is 12.2 Å². The van der Waals surface area contributed by atoms with Crippen LogP contribution in [0.2, 0.25) is 0 Å². The Bertz CT molecular complexity index is 490. The van der Waals surface area contributed by atoms with Crippen LogP contribution in [0.25, 0.3) is 0 Å². The lowest BCUT2D eigenvalue weighted by atomic mass is 10.1. The highest BCUT2D eigenvalue weighted by atomic mass is 16.5. The Morgan fingerprint density at radius 3 is 3.06 bits per heavy atom. The van der Waals surface area contributed by atoms with E-state index in [9.17, 15) is 9.59 Å². The minimum absolute atomic E-state index is 0.0559. The van der Waals surface area contributed by atoms with Gasteiger partial charge in [0.2, 0.25) is 12.0 Å². The molecule has 1 heterocycles. The molecule has 1 amide bonds. The number of ether oxygens (including phenoxy) is 1. The van der Waals surface area contributed by atoms with Crippen molar-refractivity contribution in [2.24, 2.45) is 4.99 Å². The van der Waals surface area contributed by atoms with Gasteiger partial charge in [0.1, 0.15) is 5.75 Å². The molecule has 0 bridgehead atoms. The number of carbonyl (C=O) groups excluding carboxylic acids is 2. The summed E-state index contributed by atoms with van der Waals surface area (Å²) in [5, 5.41) is 2.74. The Labute approximate surface area is 92.1 Å². The summed E-state index contributed by atoms with van der Waals surface area (Å²) in [6.07, 6.45) is 1.82. The Hall–Kier alpha value is -2.13. The van der Waals surface area contributed by atoms with Gasteiger partial charge in [0, 0.05) is 11.3 Å². The molecular formula is C11H10N2O3. The predicted molar refractivity (Wildman–Crippen MR) is 57.2 cm³/mol. The number of aliphatic imine (C=N–C) groups is 1. The number of isocyanates is 1. The first kappa shape index (κ1) is 10.4. The quantitative estimate of drug-likeness (QED) is 0.608. The Morgan fingerprint density at radius 2 is 2.38 bits per heavy atom. The second-order valence-electron chi connectivity index (χ2n) is 3.45. The van der Waals surface area contributed by atoms with E-state index in [-0.39, 0.29) is 12.5 Å². The van der Waals surface area contributed by atoms with Gasteiger partial charge in [-0.1, -0.05) is 0 Å². The third kappa shape index (κ3) is 1.81. The normalized spacial score (nSPS) is 12.7. The number of anilines is 1. The van der Waals surface area contributed by atoms with Gasteiger partial charge in [-0.2, -0.15) is 0 Å². The lowest BCUT2D eigenvalue weighted by Gasteiger charge is -2.08. The summed E-state index contributed by atoms with van der Waals surface area (Å²) < 4.78 is 5.12. The standard InChI is InChI=1S/C11H10N2O3/c1-16-9-2-7-4-10(15)13-11(7)8(3-9)5-12-6-14/h2-3H,4-5H2,1H3,(H,13,15). The smallest absolute Gasteiger partial charge is 0.235 e. The van der Waals surface area contributed by atoms with E-state index in [1.807, 2.05) is 0 Å². The van der Waals surface area contributed by atoms with Crippen LogP contribution in [0, 0.1) is 0 Å². The maximum Gasteiger partial charge on any atom is 0.235 e. The average molecular weight is 218 g/mol. The number of rotatable bonds is 3. The van der Waals surface area contributed by atoms with Crippen LogP contribution in [-0.2, 0) is 22.6 Å². The second-order valence-corrected chi connectivity index (χ2v) is 3.45. The lowest BCUT2D eigenvalue weighted by molar-refractivity contribution is -0.115. The molecule has 0 aromatic heterocycles. The molecule has 0 saturated heterocycles. The van der Waals surface area contributed by atoms with Crippen molar-refractivity contribution in [1.82, 2.24) is 0 Å². The minimum Gasteiger partial charge on any atom is -0.497 e. The molecule has 1 aliphatic heterocycles. The first-order valence-electron chi connectivity index (χ1n) is 4.78. The zero-order chi connectivity index (χ0) is 11.5. The van der Waals surface area contributed by atoms with Gasteiger partial charge < -0.3 is 10.1 Å². The van der Waals surface area contributed by atoms with Crippen molar-refractivity contribution < 1.29 is 14.3 Å². The molecule has 82 valence electrons. The van der Waals surface area contributed by atoms with Crippen molar-refractivity contribution in [2.45, 2.75) is 13.0 Å². The number of fused-ring (bicyclic) bond motifs is 1. The first-order chi connectivity index (χ1) is 7.74. The molecule has 1 aromatic rings. The molecule has 5 nitrogen and oxygen atoms in total. The topological polar surface area (TPSA) is 67.8 Å². The van der Waals surface area contributed by atoms with Crippen LogP contribution >= 0.6 is 0 Å². The zero-order valence-corrected chi connectivity index (χ0v) is 8.74. The van der Waals surface area contributed by atoms with E-state index in [0.717, 1.165) is 16.8 Å². The maximum atomic E-state index is 11.3. The summed E-state index contributed by atoms with van der Waals surface area (Å²) in [5.41, 5.74) is 2.38. The van der Waals surface area contributed by atoms with Gasteiger partial charge in [-0.3, -0.25) is 4.79 Å². The number of hydrogen-bond acceptors (Lipinski definition) is 4. The van der Waals surface area contributed by atoms with Gasteiger partial charge in [0.25, 0.3) is 0 Å². The molecule has 5 heteroatoms. The molecular weight excluding hydrogens is 208 g/mol. The van der Waals surface area contributed by atoms with Crippen molar-refractivity contribution >= 4 is 17.7 Å². The highest BCUT2D eigenvalue weighted by Gasteiger charge is 2.21. The number of methoxy groups -OCH3 is 1. The second kappa shape index (κ2) is 4.16. The van der Waals surface area contributed by atoms with E-state index >= 15 is 0 Å². The van der Waals surface area contributed by atoms with Gasteiger partial charge in [0.15, 0.2) is 0 Å². The van der Waals surface area contributed by atoms with Crippen LogP contribution in [0.15, 0.2) is 17.1 Å². The summed E-state index contributed by atoms with van der Waals surface area (Å²) in [6, 6.07) is 3.56. The number of hydrogen-bond donors (Lipinski definition) is 1. The fourth-order valence-electron chi connectivity index (χ4n) is 1.75. The molecule has 1 aliphatic rings. The summed E-state index contributed by atoms with van der Waals surface area (Å²) in [5.74, 6) is 0.603. The van der Waals surface area contributed by atoms with Gasteiger partial charge in [-0.25, -0.2) is 9.79 Å². The fraction of sp³-hybridized carbons (Fsp3) is 0.273. The monoisotopic (exact) mass is 218 g/mol. The van der Waals surface area contributed by atoms with Crippen LogP contribution < -0.4 is 10.1 Å². The van der Waals surface area contributed by atoms with Gasteiger partial charge in [-0.05, 0) is 17.7 Å². The van der Waals surface area contributed by atoms with Gasteiger partial charge in [0.05, 0.1) is 20.1 Å². The molecule has 0 unspecified atom stereocenters. The van der Waals surface area contributed by atoms with E-state index in [4.69, 9.17) is 4.74 Å². The van der Waals surface area contributed by atoms with Crippen LogP contribution in [0.1, 0.15) is 11.1 Å². The highest BCUT2D eigenvalue weighted by Crippen LogP contribution is 2.32. The Morgan fingerprint density at radius 1 is 1.56 bits per heavy atom. The average Bonchev–Trinajstić information content (AvgIpc) is 2.65. The minimum atomic E-state index is -0.0559.